The molecule has 0 spiro atoms. The highest BCUT2D eigenvalue weighted by Gasteiger charge is 2.16. The minimum absolute atomic E-state index is 0.188. The van der Waals surface area contributed by atoms with E-state index in [-0.39, 0.29) is 6.10 Å². The van der Waals surface area contributed by atoms with Crippen molar-refractivity contribution in [1.29, 1.82) is 0 Å². The molecular weight excluding hydrogens is 266 g/mol. The van der Waals surface area contributed by atoms with Gasteiger partial charge in [0.05, 0.1) is 16.9 Å². The normalized spacial score (nSPS) is 11.7. The zero-order valence-corrected chi connectivity index (χ0v) is 12.3. The number of esters is 1. The summed E-state index contributed by atoms with van der Waals surface area (Å²) in [7, 11) is -3.37. The molecule has 0 radical (unpaired) electrons. The third kappa shape index (κ3) is 4.55. The van der Waals surface area contributed by atoms with Crippen LogP contribution in [-0.4, -0.2) is 25.7 Å². The second-order valence-electron chi connectivity index (χ2n) is 4.73. The van der Waals surface area contributed by atoms with Crippen molar-refractivity contribution >= 4 is 21.7 Å². The summed E-state index contributed by atoms with van der Waals surface area (Å²) in [6.07, 6.45) is -0.188. The van der Waals surface area contributed by atoms with E-state index in [1.165, 1.54) is 24.3 Å². The number of nitrogens with one attached hydrogen (secondary N) is 1. The van der Waals surface area contributed by atoms with Gasteiger partial charge in [-0.15, -0.1) is 0 Å². The van der Waals surface area contributed by atoms with Crippen LogP contribution >= 0.6 is 0 Å². The molecule has 0 aromatic heterocycles. The van der Waals surface area contributed by atoms with Crippen LogP contribution in [0.4, 0.5) is 5.69 Å². The fraction of sp³-hybridized carbons (Fsp3) is 0.462. The van der Waals surface area contributed by atoms with Crippen molar-refractivity contribution in [2.75, 3.05) is 4.72 Å². The maximum atomic E-state index is 11.7. The van der Waals surface area contributed by atoms with E-state index in [2.05, 4.69) is 4.72 Å². The van der Waals surface area contributed by atoms with Gasteiger partial charge < -0.3 is 4.74 Å². The monoisotopic (exact) mass is 285 g/mol. The largest absolute Gasteiger partial charge is 0.459 e. The molecule has 0 aliphatic heterocycles. The van der Waals surface area contributed by atoms with Gasteiger partial charge in [-0.1, -0.05) is 0 Å². The highest BCUT2D eigenvalue weighted by Crippen LogP contribution is 2.14. The predicted octanol–water partition coefficient (Wildman–Crippen LogP) is 2.40. The molecule has 5 nitrogen and oxygen atoms in total. The molecule has 0 saturated heterocycles. The van der Waals surface area contributed by atoms with E-state index in [0.717, 1.165) is 0 Å². The summed E-state index contributed by atoms with van der Waals surface area (Å²) < 4.78 is 30.8. The van der Waals surface area contributed by atoms with Gasteiger partial charge in [0.15, 0.2) is 0 Å². The topological polar surface area (TPSA) is 72.5 Å². The lowest BCUT2D eigenvalue weighted by Gasteiger charge is -2.11. The van der Waals surface area contributed by atoms with Crippen LogP contribution in [0.2, 0.25) is 0 Å². The van der Waals surface area contributed by atoms with Crippen LogP contribution in [0.5, 0.6) is 0 Å². The predicted molar refractivity (Wildman–Crippen MR) is 74.7 cm³/mol. The number of sulfonamides is 1. The Balaban J connectivity index is 2.80. The van der Waals surface area contributed by atoms with Crippen LogP contribution < -0.4 is 4.72 Å². The van der Waals surface area contributed by atoms with E-state index < -0.39 is 21.2 Å². The average Bonchev–Trinajstić information content (AvgIpc) is 2.28. The first kappa shape index (κ1) is 15.5. The van der Waals surface area contributed by atoms with Gasteiger partial charge in [0.1, 0.15) is 0 Å². The molecule has 1 rings (SSSR count). The van der Waals surface area contributed by atoms with E-state index in [9.17, 15) is 13.2 Å². The summed E-state index contributed by atoms with van der Waals surface area (Å²) >= 11 is 0. The molecule has 0 aliphatic rings. The number of rotatable bonds is 5. The number of ether oxygens (including phenoxy) is 1. The number of carbonyl (C=O) groups is 1. The molecule has 1 aromatic carbocycles. The Hall–Kier alpha value is -1.56. The standard InChI is InChI=1S/C13H19NO4S/c1-9(2)18-13(15)11-5-7-12(8-6-11)14-19(16,17)10(3)4/h5-10,14H,1-4H3. The number of anilines is 1. The lowest BCUT2D eigenvalue weighted by Crippen LogP contribution is -2.22. The Kier molecular flexibility index (Phi) is 4.94. The molecule has 0 heterocycles. The third-order valence-corrected chi connectivity index (χ3v) is 4.11. The van der Waals surface area contributed by atoms with E-state index >= 15 is 0 Å². The van der Waals surface area contributed by atoms with Crippen molar-refractivity contribution in [3.63, 3.8) is 0 Å². The molecule has 1 N–H and O–H groups in total. The van der Waals surface area contributed by atoms with Crippen LogP contribution in [-0.2, 0) is 14.8 Å². The van der Waals surface area contributed by atoms with Crippen LogP contribution in [0.25, 0.3) is 0 Å². The summed E-state index contributed by atoms with van der Waals surface area (Å²) in [5.41, 5.74) is 0.816. The minimum Gasteiger partial charge on any atom is -0.459 e. The molecule has 0 amide bonds. The zero-order chi connectivity index (χ0) is 14.6. The maximum Gasteiger partial charge on any atom is 0.338 e. The van der Waals surface area contributed by atoms with Crippen LogP contribution in [0.1, 0.15) is 38.1 Å². The second kappa shape index (κ2) is 6.06. The fourth-order valence-electron chi connectivity index (χ4n) is 1.24. The number of carbonyl (C=O) groups excluding carboxylic acids is 1. The molecule has 0 fully saturated rings. The fourth-order valence-corrected chi connectivity index (χ4v) is 1.94. The van der Waals surface area contributed by atoms with Crippen molar-refractivity contribution in [2.24, 2.45) is 0 Å². The number of hydrogen-bond donors (Lipinski definition) is 1. The average molecular weight is 285 g/mol. The van der Waals surface area contributed by atoms with E-state index in [0.29, 0.717) is 11.3 Å². The van der Waals surface area contributed by atoms with Gasteiger partial charge in [-0.3, -0.25) is 4.72 Å². The molecule has 106 valence electrons. The van der Waals surface area contributed by atoms with Gasteiger partial charge in [-0.2, -0.15) is 0 Å². The van der Waals surface area contributed by atoms with E-state index in [1.807, 2.05) is 0 Å². The Labute approximate surface area is 114 Å². The van der Waals surface area contributed by atoms with Crippen LogP contribution in [0.3, 0.4) is 0 Å². The Morgan fingerprint density at radius 2 is 1.63 bits per heavy atom. The molecule has 0 saturated carbocycles. The van der Waals surface area contributed by atoms with Crippen LogP contribution in [0, 0.1) is 0 Å². The maximum absolute atomic E-state index is 11.7. The molecule has 6 heteroatoms. The molecule has 19 heavy (non-hydrogen) atoms. The van der Waals surface area contributed by atoms with Crippen molar-refractivity contribution in [3.8, 4) is 0 Å². The second-order valence-corrected chi connectivity index (χ2v) is 6.96. The minimum atomic E-state index is -3.37. The Morgan fingerprint density at radius 1 is 1.11 bits per heavy atom. The smallest absolute Gasteiger partial charge is 0.338 e. The van der Waals surface area contributed by atoms with Gasteiger partial charge >= 0.3 is 5.97 Å². The SMILES string of the molecule is CC(C)OC(=O)c1ccc(NS(=O)(=O)C(C)C)cc1. The van der Waals surface area contributed by atoms with Gasteiger partial charge in [0, 0.05) is 5.69 Å². The first-order valence-electron chi connectivity index (χ1n) is 6.05. The molecule has 0 aliphatic carbocycles. The van der Waals surface area contributed by atoms with E-state index in [1.54, 1.807) is 27.7 Å². The number of benzene rings is 1. The summed E-state index contributed by atoms with van der Waals surface area (Å²) in [4.78, 5) is 11.6. The molecule has 0 bridgehead atoms. The van der Waals surface area contributed by atoms with Gasteiger partial charge in [-0.05, 0) is 52.0 Å². The quantitative estimate of drug-likeness (QED) is 0.843. The lowest BCUT2D eigenvalue weighted by molar-refractivity contribution is 0.0378. The summed E-state index contributed by atoms with van der Waals surface area (Å²) in [5, 5.41) is -0.516. The van der Waals surface area contributed by atoms with E-state index in [4.69, 9.17) is 4.74 Å². The Bertz CT molecular complexity index is 532. The zero-order valence-electron chi connectivity index (χ0n) is 11.5. The highest BCUT2D eigenvalue weighted by atomic mass is 32.2. The first-order chi connectivity index (χ1) is 8.72. The molecule has 0 atom stereocenters. The summed E-state index contributed by atoms with van der Waals surface area (Å²) in [6.45, 7) is 6.72. The van der Waals surface area contributed by atoms with Crippen molar-refractivity contribution < 1.29 is 17.9 Å². The van der Waals surface area contributed by atoms with Gasteiger partial charge in [0.2, 0.25) is 10.0 Å². The van der Waals surface area contributed by atoms with Gasteiger partial charge in [0.25, 0.3) is 0 Å². The third-order valence-electron chi connectivity index (χ3n) is 2.34. The lowest BCUT2D eigenvalue weighted by atomic mass is 10.2. The highest BCUT2D eigenvalue weighted by molar-refractivity contribution is 7.93. The summed E-state index contributed by atoms with van der Waals surface area (Å²) in [5.74, 6) is -0.423. The number of hydrogen-bond acceptors (Lipinski definition) is 4. The molecule has 0 unspecified atom stereocenters. The van der Waals surface area contributed by atoms with Crippen molar-refractivity contribution in [3.05, 3.63) is 29.8 Å². The Morgan fingerprint density at radius 3 is 2.05 bits per heavy atom. The van der Waals surface area contributed by atoms with Crippen LogP contribution in [0.15, 0.2) is 24.3 Å². The van der Waals surface area contributed by atoms with Gasteiger partial charge in [-0.25, -0.2) is 13.2 Å². The molecular formula is C13H19NO4S. The summed E-state index contributed by atoms with van der Waals surface area (Å²) in [6, 6.07) is 6.14. The van der Waals surface area contributed by atoms with Crippen molar-refractivity contribution in [2.45, 2.75) is 39.0 Å². The molecule has 1 aromatic rings. The first-order valence-corrected chi connectivity index (χ1v) is 7.59. The van der Waals surface area contributed by atoms with Crippen molar-refractivity contribution in [1.82, 2.24) is 0 Å².